The van der Waals surface area contributed by atoms with E-state index >= 15 is 0 Å². The molecular weight excluding hydrogens is 292 g/mol. The van der Waals surface area contributed by atoms with Crippen molar-refractivity contribution in [1.29, 1.82) is 0 Å². The van der Waals surface area contributed by atoms with Crippen molar-refractivity contribution in [3.8, 4) is 0 Å². The van der Waals surface area contributed by atoms with E-state index in [0.29, 0.717) is 24.5 Å². The number of sulfonamides is 1. The maximum atomic E-state index is 13.5. The molecule has 0 atom stereocenters. The number of hydrogen-bond donors (Lipinski definition) is 1. The lowest BCUT2D eigenvalue weighted by Gasteiger charge is -2.07. The number of halogens is 2. The van der Waals surface area contributed by atoms with Crippen molar-refractivity contribution in [3.05, 3.63) is 29.3 Å². The first-order valence-electron chi connectivity index (χ1n) is 5.98. The Morgan fingerprint density at radius 1 is 1.30 bits per heavy atom. The average Bonchev–Trinajstić information content (AvgIpc) is 3.11. The molecule has 1 aromatic carbocycles. The van der Waals surface area contributed by atoms with E-state index in [1.807, 2.05) is 0 Å². The first-order chi connectivity index (χ1) is 9.29. The van der Waals surface area contributed by atoms with Crippen molar-refractivity contribution in [1.82, 2.24) is 0 Å². The summed E-state index contributed by atoms with van der Waals surface area (Å²) in [6.45, 7) is 0.116. The van der Waals surface area contributed by atoms with E-state index in [1.54, 1.807) is 0 Å². The minimum atomic E-state index is -4.38. The number of hydrogen-bond acceptors (Lipinski definition) is 4. The van der Waals surface area contributed by atoms with Gasteiger partial charge in [0, 0.05) is 6.07 Å². The lowest BCUT2D eigenvalue weighted by Crippen LogP contribution is -2.17. The fraction of sp³-hybridized carbons (Fsp3) is 0.417. The van der Waals surface area contributed by atoms with Gasteiger partial charge in [0.25, 0.3) is 0 Å². The predicted octanol–water partition coefficient (Wildman–Crippen LogP) is 1.57. The van der Waals surface area contributed by atoms with Gasteiger partial charge in [-0.15, -0.1) is 0 Å². The summed E-state index contributed by atoms with van der Waals surface area (Å²) < 4.78 is 53.9. The Labute approximate surface area is 114 Å². The lowest BCUT2D eigenvalue weighted by molar-refractivity contribution is 0.0489. The van der Waals surface area contributed by atoms with Crippen LogP contribution in [0.4, 0.5) is 8.78 Å². The summed E-state index contributed by atoms with van der Waals surface area (Å²) in [5, 5.41) is 4.78. The summed E-state index contributed by atoms with van der Waals surface area (Å²) in [6.07, 6.45) is 2.84. The number of benzene rings is 1. The van der Waals surface area contributed by atoms with E-state index in [2.05, 4.69) is 0 Å². The number of nitrogens with two attached hydrogens (primary N) is 1. The molecule has 1 aliphatic carbocycles. The van der Waals surface area contributed by atoms with Crippen LogP contribution in [0.2, 0.25) is 0 Å². The molecule has 0 unspecified atom stereocenters. The normalized spacial score (nSPS) is 15.2. The van der Waals surface area contributed by atoms with E-state index in [9.17, 15) is 22.0 Å². The molecule has 1 aliphatic rings. The third-order valence-corrected chi connectivity index (χ3v) is 3.93. The van der Waals surface area contributed by atoms with Crippen molar-refractivity contribution < 1.29 is 26.7 Å². The highest BCUT2D eigenvalue weighted by molar-refractivity contribution is 7.89. The number of carbonyl (C=O) groups is 1. The second kappa shape index (κ2) is 5.45. The lowest BCUT2D eigenvalue weighted by atomic mass is 10.2. The first kappa shape index (κ1) is 14.9. The fourth-order valence-corrected chi connectivity index (χ4v) is 2.32. The second-order valence-electron chi connectivity index (χ2n) is 4.68. The number of rotatable bonds is 5. The summed E-state index contributed by atoms with van der Waals surface area (Å²) in [5.74, 6) is -3.04. The van der Waals surface area contributed by atoms with Crippen molar-refractivity contribution in [2.24, 2.45) is 11.1 Å². The molecule has 2 N–H and O–H groups in total. The summed E-state index contributed by atoms with van der Waals surface area (Å²) in [4.78, 5) is 10.7. The van der Waals surface area contributed by atoms with Gasteiger partial charge in [0.1, 0.15) is 16.5 Å². The zero-order valence-electron chi connectivity index (χ0n) is 10.4. The summed E-state index contributed by atoms with van der Waals surface area (Å²) in [5.41, 5.74) is -0.647. The topological polar surface area (TPSA) is 86.5 Å². The third-order valence-electron chi connectivity index (χ3n) is 3.00. The molecule has 0 radical (unpaired) electrons. The van der Waals surface area contributed by atoms with Crippen LogP contribution in [0.5, 0.6) is 0 Å². The predicted molar refractivity (Wildman–Crippen MR) is 65.4 cm³/mol. The Bertz CT molecular complexity index is 641. The van der Waals surface area contributed by atoms with Gasteiger partial charge >= 0.3 is 5.97 Å². The molecule has 1 aromatic rings. The highest BCUT2D eigenvalue weighted by Gasteiger charge is 2.24. The Balaban J connectivity index is 2.19. The number of carbonyl (C=O) groups excluding carboxylic acids is 1. The Hall–Kier alpha value is -1.54. The van der Waals surface area contributed by atoms with Crippen molar-refractivity contribution in [2.45, 2.75) is 24.2 Å². The molecular formula is C12H13F2NO4S. The van der Waals surface area contributed by atoms with Gasteiger partial charge in [-0.1, -0.05) is 12.8 Å². The SMILES string of the molecule is NS(=O)(=O)c1cc(C(=O)OCCC2CC2)c(F)cc1F. The van der Waals surface area contributed by atoms with Gasteiger partial charge in [-0.2, -0.15) is 0 Å². The van der Waals surface area contributed by atoms with Crippen molar-refractivity contribution in [2.75, 3.05) is 6.61 Å². The van der Waals surface area contributed by atoms with Crippen LogP contribution in [0, 0.1) is 17.6 Å². The first-order valence-corrected chi connectivity index (χ1v) is 7.52. The maximum absolute atomic E-state index is 13.5. The quantitative estimate of drug-likeness (QED) is 0.837. The van der Waals surface area contributed by atoms with Crippen LogP contribution < -0.4 is 5.14 Å². The van der Waals surface area contributed by atoms with Gasteiger partial charge in [0.05, 0.1) is 12.2 Å². The minimum absolute atomic E-state index is 0.116. The van der Waals surface area contributed by atoms with Crippen LogP contribution in [0.25, 0.3) is 0 Å². The average molecular weight is 305 g/mol. The molecule has 110 valence electrons. The van der Waals surface area contributed by atoms with Gasteiger partial charge in [-0.25, -0.2) is 27.1 Å². The molecule has 1 fully saturated rings. The zero-order valence-corrected chi connectivity index (χ0v) is 11.3. The van der Waals surface area contributed by atoms with Gasteiger partial charge in [-0.05, 0) is 18.4 Å². The largest absolute Gasteiger partial charge is 0.462 e. The Morgan fingerprint density at radius 2 is 1.95 bits per heavy atom. The van der Waals surface area contributed by atoms with Crippen LogP contribution in [-0.2, 0) is 14.8 Å². The summed E-state index contributed by atoms with van der Waals surface area (Å²) in [6, 6.07) is 0.858. The standard InChI is InChI=1S/C12H13F2NO4S/c13-9-6-10(14)11(20(15,17)18)5-8(9)12(16)19-4-3-7-1-2-7/h5-7H,1-4H2,(H2,15,17,18). The monoisotopic (exact) mass is 305 g/mol. The highest BCUT2D eigenvalue weighted by atomic mass is 32.2. The molecule has 0 aromatic heterocycles. The van der Waals surface area contributed by atoms with Gasteiger partial charge in [0.2, 0.25) is 10.0 Å². The Kier molecular flexibility index (Phi) is 4.05. The maximum Gasteiger partial charge on any atom is 0.341 e. The molecule has 20 heavy (non-hydrogen) atoms. The zero-order chi connectivity index (χ0) is 14.9. The van der Waals surface area contributed by atoms with Crippen LogP contribution >= 0.6 is 0 Å². The summed E-state index contributed by atoms with van der Waals surface area (Å²) >= 11 is 0. The molecule has 0 heterocycles. The highest BCUT2D eigenvalue weighted by Crippen LogP contribution is 2.32. The number of ether oxygens (including phenoxy) is 1. The molecule has 0 amide bonds. The van der Waals surface area contributed by atoms with Gasteiger partial charge in [0.15, 0.2) is 0 Å². The molecule has 0 saturated heterocycles. The molecule has 2 rings (SSSR count). The van der Waals surface area contributed by atoms with E-state index < -0.39 is 38.1 Å². The Morgan fingerprint density at radius 3 is 2.50 bits per heavy atom. The van der Waals surface area contributed by atoms with Crippen LogP contribution in [0.15, 0.2) is 17.0 Å². The van der Waals surface area contributed by atoms with Crippen LogP contribution in [0.3, 0.4) is 0 Å². The van der Waals surface area contributed by atoms with E-state index in [1.165, 1.54) is 0 Å². The van der Waals surface area contributed by atoms with E-state index in [4.69, 9.17) is 9.88 Å². The summed E-state index contributed by atoms with van der Waals surface area (Å²) in [7, 11) is -4.38. The van der Waals surface area contributed by atoms with Crippen LogP contribution in [0.1, 0.15) is 29.6 Å². The minimum Gasteiger partial charge on any atom is -0.462 e. The second-order valence-corrected chi connectivity index (χ2v) is 6.21. The van der Waals surface area contributed by atoms with Crippen molar-refractivity contribution >= 4 is 16.0 Å². The molecule has 5 nitrogen and oxygen atoms in total. The smallest absolute Gasteiger partial charge is 0.341 e. The number of primary sulfonamides is 1. The number of esters is 1. The van der Waals surface area contributed by atoms with E-state index in [-0.39, 0.29) is 6.61 Å². The van der Waals surface area contributed by atoms with Crippen LogP contribution in [-0.4, -0.2) is 21.0 Å². The molecule has 0 bridgehead atoms. The van der Waals surface area contributed by atoms with Gasteiger partial charge in [-0.3, -0.25) is 0 Å². The van der Waals surface area contributed by atoms with E-state index in [0.717, 1.165) is 12.8 Å². The third kappa shape index (κ3) is 3.51. The van der Waals surface area contributed by atoms with Crippen molar-refractivity contribution in [3.63, 3.8) is 0 Å². The fourth-order valence-electron chi connectivity index (χ4n) is 1.71. The molecule has 8 heteroatoms. The molecule has 0 spiro atoms. The molecule has 1 saturated carbocycles. The van der Waals surface area contributed by atoms with Gasteiger partial charge < -0.3 is 4.74 Å². The molecule has 0 aliphatic heterocycles.